The van der Waals surface area contributed by atoms with Crippen LogP contribution in [-0.4, -0.2) is 35.2 Å². The van der Waals surface area contributed by atoms with Crippen LogP contribution >= 0.6 is 23.4 Å². The van der Waals surface area contributed by atoms with E-state index in [1.807, 2.05) is 52.0 Å². The molecule has 0 N–H and O–H groups in total. The monoisotopic (exact) mass is 383 g/mol. The van der Waals surface area contributed by atoms with Crippen LogP contribution in [0.4, 0.5) is 0 Å². The number of ether oxygens (including phenoxy) is 1. The van der Waals surface area contributed by atoms with Gasteiger partial charge < -0.3 is 9.64 Å². The van der Waals surface area contributed by atoms with Gasteiger partial charge in [-0.3, -0.25) is 4.79 Å². The second kappa shape index (κ2) is 8.95. The van der Waals surface area contributed by atoms with Crippen LogP contribution in [0.5, 0.6) is 0 Å². The molecule has 1 fully saturated rings. The lowest BCUT2D eigenvalue weighted by atomic mass is 10.1. The third-order valence-corrected chi connectivity index (χ3v) is 5.52. The van der Waals surface area contributed by atoms with Crippen molar-refractivity contribution in [3.8, 4) is 0 Å². The number of hydrogen-bond acceptors (Lipinski definition) is 4. The number of rotatable bonds is 6. The number of amides is 1. The van der Waals surface area contributed by atoms with Crippen molar-refractivity contribution >= 4 is 35.2 Å². The van der Waals surface area contributed by atoms with Crippen LogP contribution in [0.15, 0.2) is 24.3 Å². The van der Waals surface area contributed by atoms with E-state index in [0.29, 0.717) is 23.8 Å². The predicted octanol–water partition coefficient (Wildman–Crippen LogP) is 4.53. The summed E-state index contributed by atoms with van der Waals surface area (Å²) in [5, 5.41) is 0.357. The van der Waals surface area contributed by atoms with E-state index >= 15 is 0 Å². The standard InChI is InChI=1S/C19H26ClNO3S/c1-12(2)9-17(22)21-16(19(23)24-10-13(3)4)11-25-18(21)14-7-5-6-8-15(14)20/h5-8,12-13,16,18H,9-11H2,1-4H3. The average Bonchev–Trinajstić information content (AvgIpc) is 2.97. The molecule has 2 atom stereocenters. The second-order valence-electron chi connectivity index (χ2n) is 7.15. The lowest BCUT2D eigenvalue weighted by Crippen LogP contribution is -2.44. The van der Waals surface area contributed by atoms with E-state index in [2.05, 4.69) is 0 Å². The average molecular weight is 384 g/mol. The molecule has 0 bridgehead atoms. The van der Waals surface area contributed by atoms with E-state index in [1.54, 1.807) is 16.7 Å². The molecular weight excluding hydrogens is 358 g/mol. The molecule has 0 aliphatic carbocycles. The summed E-state index contributed by atoms with van der Waals surface area (Å²) in [6.07, 6.45) is 0.398. The van der Waals surface area contributed by atoms with Gasteiger partial charge in [-0.2, -0.15) is 0 Å². The first kappa shape index (κ1) is 20.1. The number of benzene rings is 1. The Hall–Kier alpha value is -1.20. The molecule has 1 aromatic rings. The van der Waals surface area contributed by atoms with Crippen molar-refractivity contribution < 1.29 is 14.3 Å². The number of nitrogens with zero attached hydrogens (tertiary/aromatic N) is 1. The molecule has 1 aromatic carbocycles. The van der Waals surface area contributed by atoms with E-state index in [-0.39, 0.29) is 29.1 Å². The molecule has 2 rings (SSSR count). The van der Waals surface area contributed by atoms with Gasteiger partial charge in [-0.25, -0.2) is 4.79 Å². The molecule has 1 heterocycles. The molecule has 0 spiro atoms. The molecule has 2 unspecified atom stereocenters. The maximum Gasteiger partial charge on any atom is 0.329 e. The van der Waals surface area contributed by atoms with Gasteiger partial charge in [0.15, 0.2) is 0 Å². The van der Waals surface area contributed by atoms with Gasteiger partial charge in [0.2, 0.25) is 5.91 Å². The van der Waals surface area contributed by atoms with E-state index < -0.39 is 6.04 Å². The molecule has 1 aliphatic heterocycles. The van der Waals surface area contributed by atoms with Crippen molar-refractivity contribution in [3.05, 3.63) is 34.9 Å². The number of carbonyl (C=O) groups excluding carboxylic acids is 2. The summed E-state index contributed by atoms with van der Waals surface area (Å²) in [5.74, 6) is 0.648. The highest BCUT2D eigenvalue weighted by Gasteiger charge is 2.43. The first-order valence-electron chi connectivity index (χ1n) is 8.65. The fourth-order valence-corrected chi connectivity index (χ4v) is 4.48. The van der Waals surface area contributed by atoms with Crippen LogP contribution in [-0.2, 0) is 14.3 Å². The highest BCUT2D eigenvalue weighted by atomic mass is 35.5. The van der Waals surface area contributed by atoms with Gasteiger partial charge in [0.1, 0.15) is 11.4 Å². The summed E-state index contributed by atoms with van der Waals surface area (Å²) in [5.41, 5.74) is 0.866. The molecule has 0 aromatic heterocycles. The van der Waals surface area contributed by atoms with Crippen molar-refractivity contribution in [2.45, 2.75) is 45.5 Å². The Kier molecular flexibility index (Phi) is 7.20. The maximum atomic E-state index is 12.9. The summed E-state index contributed by atoms with van der Waals surface area (Å²) < 4.78 is 5.41. The molecular formula is C19H26ClNO3S. The molecule has 25 heavy (non-hydrogen) atoms. The van der Waals surface area contributed by atoms with Crippen molar-refractivity contribution in [2.24, 2.45) is 11.8 Å². The molecule has 6 heteroatoms. The van der Waals surface area contributed by atoms with E-state index in [9.17, 15) is 9.59 Å². The quantitative estimate of drug-likeness (QED) is 0.677. The number of hydrogen-bond donors (Lipinski definition) is 0. The van der Waals surface area contributed by atoms with Gasteiger partial charge in [-0.15, -0.1) is 11.8 Å². The lowest BCUT2D eigenvalue weighted by molar-refractivity contribution is -0.155. The molecule has 0 saturated carbocycles. The molecule has 1 amide bonds. The van der Waals surface area contributed by atoms with E-state index in [4.69, 9.17) is 16.3 Å². The normalized spacial score (nSPS) is 20.4. The zero-order chi connectivity index (χ0) is 18.6. The Bertz CT molecular complexity index is 620. The molecule has 1 aliphatic rings. The van der Waals surface area contributed by atoms with Crippen molar-refractivity contribution in [3.63, 3.8) is 0 Å². The van der Waals surface area contributed by atoms with Crippen LogP contribution < -0.4 is 0 Å². The van der Waals surface area contributed by atoms with Gasteiger partial charge in [-0.1, -0.05) is 57.5 Å². The van der Waals surface area contributed by atoms with Crippen LogP contribution in [0.1, 0.15) is 45.1 Å². The summed E-state index contributed by atoms with van der Waals surface area (Å²) in [6.45, 7) is 8.34. The zero-order valence-electron chi connectivity index (χ0n) is 15.2. The number of carbonyl (C=O) groups is 2. The van der Waals surface area contributed by atoms with Crippen LogP contribution in [0.2, 0.25) is 5.02 Å². The van der Waals surface area contributed by atoms with E-state index in [1.165, 1.54) is 0 Å². The largest absolute Gasteiger partial charge is 0.464 e. The third-order valence-electron chi connectivity index (χ3n) is 3.87. The smallest absolute Gasteiger partial charge is 0.329 e. The third kappa shape index (κ3) is 5.14. The first-order valence-corrected chi connectivity index (χ1v) is 10.1. The van der Waals surface area contributed by atoms with Gasteiger partial charge in [0, 0.05) is 22.8 Å². The van der Waals surface area contributed by atoms with Gasteiger partial charge >= 0.3 is 5.97 Å². The van der Waals surface area contributed by atoms with Crippen LogP contribution in [0.3, 0.4) is 0 Å². The summed E-state index contributed by atoms with van der Waals surface area (Å²) in [7, 11) is 0. The minimum atomic E-state index is -0.559. The van der Waals surface area contributed by atoms with Crippen molar-refractivity contribution in [1.29, 1.82) is 0 Å². The fourth-order valence-electron chi connectivity index (χ4n) is 2.71. The first-order chi connectivity index (χ1) is 11.8. The Balaban J connectivity index is 2.26. The minimum Gasteiger partial charge on any atom is -0.464 e. The predicted molar refractivity (Wildman–Crippen MR) is 103 cm³/mol. The second-order valence-corrected chi connectivity index (χ2v) is 8.67. The Morgan fingerprint density at radius 1 is 1.24 bits per heavy atom. The summed E-state index contributed by atoms with van der Waals surface area (Å²) >= 11 is 7.91. The SMILES string of the molecule is CC(C)COC(=O)C1CSC(c2ccccc2Cl)N1C(=O)CC(C)C. The highest BCUT2D eigenvalue weighted by Crippen LogP contribution is 2.44. The zero-order valence-corrected chi connectivity index (χ0v) is 16.8. The maximum absolute atomic E-state index is 12.9. The van der Waals surface area contributed by atoms with Crippen LogP contribution in [0.25, 0.3) is 0 Å². The lowest BCUT2D eigenvalue weighted by Gasteiger charge is -2.29. The molecule has 4 nitrogen and oxygen atoms in total. The Morgan fingerprint density at radius 3 is 2.52 bits per heavy atom. The molecule has 1 saturated heterocycles. The van der Waals surface area contributed by atoms with Crippen LogP contribution in [0, 0.1) is 11.8 Å². The van der Waals surface area contributed by atoms with Gasteiger partial charge in [0.05, 0.1) is 6.61 Å². The number of thioether (sulfide) groups is 1. The topological polar surface area (TPSA) is 46.6 Å². The molecule has 138 valence electrons. The Labute approximate surface area is 159 Å². The molecule has 0 radical (unpaired) electrons. The van der Waals surface area contributed by atoms with Gasteiger partial charge in [-0.05, 0) is 17.9 Å². The number of halogens is 1. The van der Waals surface area contributed by atoms with Gasteiger partial charge in [0.25, 0.3) is 0 Å². The fraction of sp³-hybridized carbons (Fsp3) is 0.579. The summed E-state index contributed by atoms with van der Waals surface area (Å²) in [6, 6.07) is 6.93. The number of esters is 1. The Morgan fingerprint density at radius 2 is 1.92 bits per heavy atom. The van der Waals surface area contributed by atoms with E-state index in [0.717, 1.165) is 5.56 Å². The summed E-state index contributed by atoms with van der Waals surface area (Å²) in [4.78, 5) is 27.1. The van der Waals surface area contributed by atoms with Crippen molar-refractivity contribution in [1.82, 2.24) is 4.90 Å². The minimum absolute atomic E-state index is 0.0311. The van der Waals surface area contributed by atoms with Crippen molar-refractivity contribution in [2.75, 3.05) is 12.4 Å². The highest BCUT2D eigenvalue weighted by molar-refractivity contribution is 7.99.